The molecule has 1 aliphatic rings. The lowest BCUT2D eigenvalue weighted by atomic mass is 10.1. The summed E-state index contributed by atoms with van der Waals surface area (Å²) in [5.74, 6) is -0.00898. The molecule has 5 heteroatoms. The molecule has 1 amide bonds. The maximum absolute atomic E-state index is 12.0. The van der Waals surface area contributed by atoms with E-state index in [0.717, 1.165) is 28.7 Å². The summed E-state index contributed by atoms with van der Waals surface area (Å²) in [4.78, 5) is 12.0. The summed E-state index contributed by atoms with van der Waals surface area (Å²) in [6.45, 7) is 2.74. The fourth-order valence-electron chi connectivity index (χ4n) is 1.98. The number of halogens is 1. The average molecular weight is 313 g/mol. The van der Waals surface area contributed by atoms with Crippen LogP contribution in [0.1, 0.15) is 12.0 Å². The quantitative estimate of drug-likeness (QED) is 0.898. The molecule has 1 fully saturated rings. The number of carbonyl (C=O) groups is 1. The van der Waals surface area contributed by atoms with Crippen LogP contribution in [-0.2, 0) is 9.53 Å². The number of carbonyl (C=O) groups excluding carboxylic acids is 1. The van der Waals surface area contributed by atoms with E-state index in [0.29, 0.717) is 0 Å². The van der Waals surface area contributed by atoms with Crippen LogP contribution in [-0.4, -0.2) is 31.7 Å². The molecule has 1 aromatic carbocycles. The molecule has 0 aromatic heterocycles. The number of hydrogen-bond acceptors (Lipinski definition) is 3. The highest BCUT2D eigenvalue weighted by Crippen LogP contribution is 2.21. The van der Waals surface area contributed by atoms with Gasteiger partial charge in [-0.2, -0.15) is 0 Å². The number of rotatable bonds is 3. The van der Waals surface area contributed by atoms with Crippen LogP contribution in [0.2, 0.25) is 0 Å². The highest BCUT2D eigenvalue weighted by Gasteiger charge is 2.29. The molecular formula is C13H17BrN2O2. The molecular weight excluding hydrogens is 296 g/mol. The van der Waals surface area contributed by atoms with Crippen molar-refractivity contribution in [1.82, 2.24) is 5.32 Å². The number of anilines is 1. The van der Waals surface area contributed by atoms with Crippen LogP contribution in [0.5, 0.6) is 0 Å². The van der Waals surface area contributed by atoms with Crippen LogP contribution in [0.3, 0.4) is 0 Å². The number of methoxy groups -OCH3 is 1. The maximum atomic E-state index is 12.0. The van der Waals surface area contributed by atoms with E-state index in [4.69, 9.17) is 4.74 Å². The number of benzene rings is 1. The molecule has 1 saturated heterocycles. The van der Waals surface area contributed by atoms with Gasteiger partial charge in [0.2, 0.25) is 5.91 Å². The minimum atomic E-state index is -0.171. The average Bonchev–Trinajstić information content (AvgIpc) is 2.82. The Morgan fingerprint density at radius 3 is 2.94 bits per heavy atom. The van der Waals surface area contributed by atoms with Crippen LogP contribution < -0.4 is 10.6 Å². The lowest BCUT2D eigenvalue weighted by Gasteiger charge is -2.12. The van der Waals surface area contributed by atoms with Gasteiger partial charge in [-0.3, -0.25) is 4.79 Å². The first-order valence-electron chi connectivity index (χ1n) is 5.93. The minimum Gasteiger partial charge on any atom is -0.380 e. The Bertz CT molecular complexity index is 451. The van der Waals surface area contributed by atoms with Crippen molar-refractivity contribution in [3.8, 4) is 0 Å². The summed E-state index contributed by atoms with van der Waals surface area (Å²) in [6, 6.07) is 5.62. The molecule has 2 atom stereocenters. The maximum Gasteiger partial charge on any atom is 0.241 e. The van der Waals surface area contributed by atoms with Gasteiger partial charge in [0.05, 0.1) is 12.1 Å². The highest BCUT2D eigenvalue weighted by molar-refractivity contribution is 9.10. The summed E-state index contributed by atoms with van der Waals surface area (Å²) < 4.78 is 6.22. The van der Waals surface area contributed by atoms with Gasteiger partial charge in [0.1, 0.15) is 0 Å². The molecule has 0 bridgehead atoms. The van der Waals surface area contributed by atoms with E-state index in [9.17, 15) is 4.79 Å². The van der Waals surface area contributed by atoms with Crippen molar-refractivity contribution in [3.05, 3.63) is 28.2 Å². The Kier molecular flexibility index (Phi) is 4.37. The number of amides is 1. The molecule has 1 aliphatic heterocycles. The van der Waals surface area contributed by atoms with Crippen LogP contribution in [0.25, 0.3) is 0 Å². The largest absolute Gasteiger partial charge is 0.380 e. The molecule has 2 N–H and O–H groups in total. The Morgan fingerprint density at radius 1 is 1.56 bits per heavy atom. The van der Waals surface area contributed by atoms with Crippen molar-refractivity contribution in [2.75, 3.05) is 19.0 Å². The van der Waals surface area contributed by atoms with Crippen LogP contribution >= 0.6 is 15.9 Å². The molecule has 4 nitrogen and oxygen atoms in total. The van der Waals surface area contributed by atoms with E-state index in [2.05, 4.69) is 26.6 Å². The number of hydrogen-bond donors (Lipinski definition) is 2. The van der Waals surface area contributed by atoms with Crippen LogP contribution in [0, 0.1) is 6.92 Å². The third-order valence-corrected chi connectivity index (χ3v) is 4.03. The van der Waals surface area contributed by atoms with Crippen molar-refractivity contribution in [2.45, 2.75) is 25.5 Å². The predicted octanol–water partition coefficient (Wildman–Crippen LogP) is 2.07. The van der Waals surface area contributed by atoms with Crippen LogP contribution in [0.15, 0.2) is 22.7 Å². The molecule has 0 aliphatic carbocycles. The molecule has 0 spiro atoms. The summed E-state index contributed by atoms with van der Waals surface area (Å²) in [5.41, 5.74) is 1.95. The number of aryl methyl sites for hydroxylation is 1. The predicted molar refractivity (Wildman–Crippen MR) is 74.7 cm³/mol. The van der Waals surface area contributed by atoms with E-state index < -0.39 is 0 Å². The normalized spacial score (nSPS) is 23.1. The standard InChI is InChI=1S/C13H17BrN2O2/c1-8-3-4-9(5-11(8)14)16-13(17)12-6-10(18-2)7-15-12/h3-5,10,12,15H,6-7H2,1-2H3,(H,16,17). The summed E-state index contributed by atoms with van der Waals surface area (Å²) >= 11 is 3.45. The van der Waals surface area contributed by atoms with Crippen molar-refractivity contribution in [1.29, 1.82) is 0 Å². The zero-order valence-corrected chi connectivity index (χ0v) is 12.1. The topological polar surface area (TPSA) is 50.4 Å². The zero-order chi connectivity index (χ0) is 13.1. The lowest BCUT2D eigenvalue weighted by Crippen LogP contribution is -2.35. The van der Waals surface area contributed by atoms with E-state index in [1.165, 1.54) is 0 Å². The third-order valence-electron chi connectivity index (χ3n) is 3.18. The van der Waals surface area contributed by atoms with E-state index in [1.807, 2.05) is 25.1 Å². The zero-order valence-electron chi connectivity index (χ0n) is 10.5. The van der Waals surface area contributed by atoms with Crippen molar-refractivity contribution in [2.24, 2.45) is 0 Å². The molecule has 2 rings (SSSR count). The SMILES string of the molecule is COC1CNC(C(=O)Nc2ccc(C)c(Br)c2)C1. The van der Waals surface area contributed by atoms with E-state index in [1.54, 1.807) is 7.11 Å². The minimum absolute atomic E-state index is 0.00898. The van der Waals surface area contributed by atoms with Gasteiger partial charge in [-0.15, -0.1) is 0 Å². The Balaban J connectivity index is 1.97. The monoisotopic (exact) mass is 312 g/mol. The number of ether oxygens (including phenoxy) is 1. The van der Waals surface area contributed by atoms with Crippen LogP contribution in [0.4, 0.5) is 5.69 Å². The lowest BCUT2D eigenvalue weighted by molar-refractivity contribution is -0.118. The summed E-state index contributed by atoms with van der Waals surface area (Å²) in [5, 5.41) is 6.06. The van der Waals surface area contributed by atoms with Crippen molar-refractivity contribution in [3.63, 3.8) is 0 Å². The van der Waals surface area contributed by atoms with Gasteiger partial charge in [0.15, 0.2) is 0 Å². The molecule has 18 heavy (non-hydrogen) atoms. The third kappa shape index (κ3) is 3.10. The van der Waals surface area contributed by atoms with E-state index >= 15 is 0 Å². The second-order valence-corrected chi connectivity index (χ2v) is 5.36. The molecule has 2 unspecified atom stereocenters. The van der Waals surface area contributed by atoms with Gasteiger partial charge in [-0.05, 0) is 31.0 Å². The van der Waals surface area contributed by atoms with Crippen molar-refractivity contribution >= 4 is 27.5 Å². The fourth-order valence-corrected chi connectivity index (χ4v) is 2.36. The smallest absolute Gasteiger partial charge is 0.241 e. The van der Waals surface area contributed by atoms with Gasteiger partial charge in [0, 0.05) is 23.8 Å². The second-order valence-electron chi connectivity index (χ2n) is 4.51. The first kappa shape index (κ1) is 13.5. The van der Waals surface area contributed by atoms with Gasteiger partial charge in [0.25, 0.3) is 0 Å². The summed E-state index contributed by atoms with van der Waals surface area (Å²) in [6.07, 6.45) is 0.848. The first-order chi connectivity index (χ1) is 8.60. The molecule has 98 valence electrons. The van der Waals surface area contributed by atoms with Gasteiger partial charge in [-0.25, -0.2) is 0 Å². The highest BCUT2D eigenvalue weighted by atomic mass is 79.9. The second kappa shape index (κ2) is 5.82. The van der Waals surface area contributed by atoms with Gasteiger partial charge < -0.3 is 15.4 Å². The van der Waals surface area contributed by atoms with E-state index in [-0.39, 0.29) is 18.1 Å². The molecule has 0 saturated carbocycles. The Morgan fingerprint density at radius 2 is 2.33 bits per heavy atom. The van der Waals surface area contributed by atoms with Crippen molar-refractivity contribution < 1.29 is 9.53 Å². The summed E-state index contributed by atoms with van der Waals surface area (Å²) in [7, 11) is 1.67. The first-order valence-corrected chi connectivity index (χ1v) is 6.72. The Hall–Kier alpha value is -0.910. The number of nitrogens with one attached hydrogen (secondary N) is 2. The molecule has 1 heterocycles. The Labute approximate surface area is 115 Å². The fraction of sp³-hybridized carbons (Fsp3) is 0.462. The van der Waals surface area contributed by atoms with Gasteiger partial charge in [-0.1, -0.05) is 22.0 Å². The molecule has 1 aromatic rings. The molecule has 0 radical (unpaired) electrons. The van der Waals surface area contributed by atoms with Gasteiger partial charge >= 0.3 is 0 Å².